The topological polar surface area (TPSA) is 80.2 Å². The van der Waals surface area contributed by atoms with Crippen LogP contribution in [0.1, 0.15) is 26.5 Å². The van der Waals surface area contributed by atoms with E-state index in [2.05, 4.69) is 20.3 Å². The molecule has 2 aromatic heterocycles. The zero-order valence-corrected chi connectivity index (χ0v) is 18.1. The fourth-order valence-corrected chi connectivity index (χ4v) is 3.34. The molecular formula is C22H21ClFN5O2. The molecule has 0 bridgehead atoms. The molecule has 0 aliphatic carbocycles. The van der Waals surface area contributed by atoms with Crippen molar-refractivity contribution < 1.29 is 13.9 Å². The van der Waals surface area contributed by atoms with Gasteiger partial charge in [-0.3, -0.25) is 4.98 Å². The van der Waals surface area contributed by atoms with E-state index in [4.69, 9.17) is 16.3 Å². The van der Waals surface area contributed by atoms with Crippen molar-refractivity contribution in [2.75, 3.05) is 18.4 Å². The first kappa shape index (κ1) is 21.0. The number of carbonyl (C=O) groups excluding carboxylic acids is 1. The van der Waals surface area contributed by atoms with E-state index in [1.165, 1.54) is 12.4 Å². The van der Waals surface area contributed by atoms with E-state index < -0.39 is 11.4 Å². The van der Waals surface area contributed by atoms with Crippen LogP contribution in [-0.4, -0.2) is 44.6 Å². The molecule has 0 fully saturated rings. The van der Waals surface area contributed by atoms with Gasteiger partial charge in [0.1, 0.15) is 17.7 Å². The van der Waals surface area contributed by atoms with Crippen molar-refractivity contribution in [3.05, 3.63) is 59.4 Å². The van der Waals surface area contributed by atoms with Crippen LogP contribution >= 0.6 is 11.6 Å². The lowest BCUT2D eigenvalue weighted by Crippen LogP contribution is -2.35. The van der Waals surface area contributed by atoms with Gasteiger partial charge in [0.05, 0.1) is 34.7 Å². The molecule has 1 amide bonds. The molecule has 4 rings (SSSR count). The molecule has 0 atom stereocenters. The zero-order chi connectivity index (χ0) is 22.2. The molecule has 0 spiro atoms. The van der Waals surface area contributed by atoms with Crippen LogP contribution in [0.15, 0.2) is 42.9 Å². The molecule has 7 nitrogen and oxygen atoms in total. The molecule has 3 heterocycles. The van der Waals surface area contributed by atoms with E-state index in [9.17, 15) is 9.18 Å². The summed E-state index contributed by atoms with van der Waals surface area (Å²) in [5, 5.41) is 3.67. The van der Waals surface area contributed by atoms with Crippen LogP contribution in [0.5, 0.6) is 0 Å². The van der Waals surface area contributed by atoms with Gasteiger partial charge in [-0.15, -0.1) is 0 Å². The second-order valence-electron chi connectivity index (χ2n) is 8.13. The Morgan fingerprint density at radius 2 is 2.06 bits per heavy atom. The number of nitrogens with one attached hydrogen (secondary N) is 1. The van der Waals surface area contributed by atoms with Crippen LogP contribution in [0.25, 0.3) is 16.5 Å². The highest BCUT2D eigenvalue weighted by Crippen LogP contribution is 2.30. The molecule has 1 aliphatic rings. The standard InChI is InChI=1S/C22H21ClFN5O2/c1-22(2,3)31-21(30)29-8-7-13(11-29)17-9-14-18(10-25-17)26-12-27-20(14)28-16-6-4-5-15(23)19(16)24/h4-7,9-10,12H,8,11H2,1-3H3,(H,26,27,28). The Balaban J connectivity index is 1.60. The SMILES string of the molecule is CC(C)(C)OC(=O)N1CC=C(c2cc3c(Nc4cccc(Cl)c4F)ncnc3cn2)C1. The van der Waals surface area contributed by atoms with E-state index in [1.807, 2.05) is 32.9 Å². The molecule has 160 valence electrons. The number of anilines is 2. The summed E-state index contributed by atoms with van der Waals surface area (Å²) in [5.74, 6) is -0.130. The van der Waals surface area contributed by atoms with Crippen LogP contribution in [0.4, 0.5) is 20.7 Å². The summed E-state index contributed by atoms with van der Waals surface area (Å²) >= 11 is 5.88. The van der Waals surface area contributed by atoms with Crippen molar-refractivity contribution in [1.29, 1.82) is 0 Å². The monoisotopic (exact) mass is 441 g/mol. The highest BCUT2D eigenvalue weighted by molar-refractivity contribution is 6.31. The molecule has 0 saturated heterocycles. The molecule has 1 aromatic carbocycles. The Kier molecular flexibility index (Phi) is 5.49. The summed E-state index contributed by atoms with van der Waals surface area (Å²) in [6.07, 6.45) is 4.57. The number of amides is 1. The highest BCUT2D eigenvalue weighted by Gasteiger charge is 2.26. The van der Waals surface area contributed by atoms with Gasteiger partial charge >= 0.3 is 6.09 Å². The first-order valence-electron chi connectivity index (χ1n) is 9.70. The van der Waals surface area contributed by atoms with Gasteiger partial charge in [-0.2, -0.15) is 0 Å². The number of hydrogen-bond acceptors (Lipinski definition) is 6. The summed E-state index contributed by atoms with van der Waals surface area (Å²) in [5.41, 5.74) is 1.82. The minimum absolute atomic E-state index is 0.0177. The molecule has 1 aliphatic heterocycles. The highest BCUT2D eigenvalue weighted by atomic mass is 35.5. The molecular weight excluding hydrogens is 421 g/mol. The van der Waals surface area contributed by atoms with E-state index >= 15 is 0 Å². The van der Waals surface area contributed by atoms with Crippen molar-refractivity contribution in [3.63, 3.8) is 0 Å². The first-order valence-corrected chi connectivity index (χ1v) is 10.1. The van der Waals surface area contributed by atoms with E-state index in [-0.39, 0.29) is 16.8 Å². The van der Waals surface area contributed by atoms with Crippen molar-refractivity contribution in [3.8, 4) is 0 Å². The minimum Gasteiger partial charge on any atom is -0.444 e. The predicted molar refractivity (Wildman–Crippen MR) is 118 cm³/mol. The lowest BCUT2D eigenvalue weighted by Gasteiger charge is -2.24. The smallest absolute Gasteiger partial charge is 0.410 e. The fourth-order valence-electron chi connectivity index (χ4n) is 3.17. The van der Waals surface area contributed by atoms with Crippen molar-refractivity contribution in [2.45, 2.75) is 26.4 Å². The Bertz CT molecular complexity index is 1190. The maximum atomic E-state index is 14.3. The number of fused-ring (bicyclic) bond motifs is 1. The average Bonchev–Trinajstić information content (AvgIpc) is 3.21. The lowest BCUT2D eigenvalue weighted by molar-refractivity contribution is 0.0306. The first-order chi connectivity index (χ1) is 14.7. The van der Waals surface area contributed by atoms with Crippen molar-refractivity contribution >= 4 is 45.7 Å². The fraction of sp³-hybridized carbons (Fsp3) is 0.273. The summed E-state index contributed by atoms with van der Waals surface area (Å²) in [6.45, 7) is 6.31. The summed E-state index contributed by atoms with van der Waals surface area (Å²) < 4.78 is 19.8. The number of carbonyl (C=O) groups is 1. The number of rotatable bonds is 3. The summed E-state index contributed by atoms with van der Waals surface area (Å²) in [7, 11) is 0. The Hall–Kier alpha value is -3.26. The van der Waals surface area contributed by atoms with Gasteiger partial charge in [0, 0.05) is 11.9 Å². The molecule has 9 heteroatoms. The van der Waals surface area contributed by atoms with Gasteiger partial charge in [0.2, 0.25) is 0 Å². The second kappa shape index (κ2) is 8.11. The zero-order valence-electron chi connectivity index (χ0n) is 17.3. The number of benzene rings is 1. The van der Waals surface area contributed by atoms with E-state index in [0.29, 0.717) is 35.5 Å². The van der Waals surface area contributed by atoms with Gasteiger partial charge < -0.3 is 15.0 Å². The van der Waals surface area contributed by atoms with Crippen LogP contribution in [0, 0.1) is 5.82 Å². The molecule has 0 radical (unpaired) electrons. The Labute approximate surface area is 183 Å². The maximum absolute atomic E-state index is 14.3. The van der Waals surface area contributed by atoms with Gasteiger partial charge in [-0.25, -0.2) is 19.2 Å². The normalized spacial score (nSPS) is 14.0. The molecule has 1 N–H and O–H groups in total. The Morgan fingerprint density at radius 1 is 1.26 bits per heavy atom. The molecule has 0 unspecified atom stereocenters. The number of nitrogens with zero attached hydrogens (tertiary/aromatic N) is 4. The van der Waals surface area contributed by atoms with E-state index in [1.54, 1.807) is 23.2 Å². The lowest BCUT2D eigenvalue weighted by atomic mass is 10.1. The maximum Gasteiger partial charge on any atom is 0.410 e. The number of aromatic nitrogens is 3. The van der Waals surface area contributed by atoms with Crippen LogP contribution < -0.4 is 5.32 Å². The minimum atomic E-state index is -0.561. The quantitative estimate of drug-likeness (QED) is 0.602. The van der Waals surface area contributed by atoms with Gasteiger partial charge in [-0.05, 0) is 44.5 Å². The van der Waals surface area contributed by atoms with Gasteiger partial charge in [0.15, 0.2) is 5.82 Å². The summed E-state index contributed by atoms with van der Waals surface area (Å²) in [4.78, 5) is 26.9. The van der Waals surface area contributed by atoms with Crippen LogP contribution in [-0.2, 0) is 4.74 Å². The molecule has 31 heavy (non-hydrogen) atoms. The number of hydrogen-bond donors (Lipinski definition) is 1. The van der Waals surface area contributed by atoms with Crippen LogP contribution in [0.2, 0.25) is 5.02 Å². The largest absolute Gasteiger partial charge is 0.444 e. The van der Waals surface area contributed by atoms with Gasteiger partial charge in [0.25, 0.3) is 0 Å². The second-order valence-corrected chi connectivity index (χ2v) is 8.53. The number of pyridine rings is 1. The Morgan fingerprint density at radius 3 is 2.84 bits per heavy atom. The third kappa shape index (κ3) is 4.59. The van der Waals surface area contributed by atoms with Crippen LogP contribution in [0.3, 0.4) is 0 Å². The van der Waals surface area contributed by atoms with Gasteiger partial charge in [-0.1, -0.05) is 23.7 Å². The number of ether oxygens (including phenoxy) is 1. The average molecular weight is 442 g/mol. The van der Waals surface area contributed by atoms with Crippen molar-refractivity contribution in [2.24, 2.45) is 0 Å². The number of halogens is 2. The molecule has 3 aromatic rings. The van der Waals surface area contributed by atoms with E-state index in [0.717, 1.165) is 5.57 Å². The predicted octanol–water partition coefficient (Wildman–Crippen LogP) is 5.20. The third-order valence-electron chi connectivity index (χ3n) is 4.63. The van der Waals surface area contributed by atoms with Crippen molar-refractivity contribution in [1.82, 2.24) is 19.9 Å². The molecule has 0 saturated carbocycles. The summed E-state index contributed by atoms with van der Waals surface area (Å²) in [6, 6.07) is 6.53. The third-order valence-corrected chi connectivity index (χ3v) is 4.92.